The van der Waals surface area contributed by atoms with E-state index in [0.717, 1.165) is 13.6 Å². The molecule has 0 bridgehead atoms. The third-order valence-electron chi connectivity index (χ3n) is 2.40. The van der Waals surface area contributed by atoms with E-state index in [4.69, 9.17) is 11.6 Å². The van der Waals surface area contributed by atoms with Crippen molar-refractivity contribution in [3.63, 3.8) is 0 Å². The molecule has 2 aromatic heterocycles. The second kappa shape index (κ2) is 4.75. The van der Waals surface area contributed by atoms with Crippen LogP contribution in [0.5, 0.6) is 0 Å². The van der Waals surface area contributed by atoms with Crippen LogP contribution in [0.3, 0.4) is 0 Å². The third-order valence-corrected chi connectivity index (χ3v) is 4.04. The first-order valence-electron chi connectivity index (χ1n) is 4.98. The average Bonchev–Trinajstić information content (AvgIpc) is 2.75. The zero-order chi connectivity index (χ0) is 12.7. The predicted octanol–water partition coefficient (Wildman–Crippen LogP) is 3.81. The summed E-state index contributed by atoms with van der Waals surface area (Å²) in [6.07, 6.45) is 0. The van der Waals surface area contributed by atoms with Crippen LogP contribution in [-0.4, -0.2) is 19.8 Å². The first-order valence-corrected chi connectivity index (χ1v) is 7.23. The van der Waals surface area contributed by atoms with Crippen LogP contribution >= 0.6 is 50.1 Å². The fraction of sp³-hybridized carbons (Fsp3) is 0. The second-order valence-electron chi connectivity index (χ2n) is 3.57. The predicted molar refractivity (Wildman–Crippen MR) is 81.6 cm³/mol. The minimum atomic E-state index is 0.411. The van der Waals surface area contributed by atoms with Crippen LogP contribution in [0.25, 0.3) is 17.0 Å². The Bertz CT molecular complexity index is 743. The Kier molecular flexibility index (Phi) is 3.25. The Balaban J connectivity index is 2.31. The second-order valence-corrected chi connectivity index (χ2v) is 6.04. The maximum atomic E-state index is 5.91. The standard InChI is InChI=1S/C11H5BrClIN4/c12-6-1-2-8(14)7(5-6)11-16-15-10-4-3-9(13)17-18(10)11/h1-5H. The van der Waals surface area contributed by atoms with Crippen molar-refractivity contribution < 1.29 is 0 Å². The van der Waals surface area contributed by atoms with E-state index in [9.17, 15) is 0 Å². The van der Waals surface area contributed by atoms with Gasteiger partial charge in [-0.15, -0.1) is 10.2 Å². The van der Waals surface area contributed by atoms with Gasteiger partial charge in [0.15, 0.2) is 11.5 Å². The molecule has 0 saturated carbocycles. The van der Waals surface area contributed by atoms with E-state index in [-0.39, 0.29) is 0 Å². The Hall–Kier alpha value is -0.730. The summed E-state index contributed by atoms with van der Waals surface area (Å²) in [6, 6.07) is 9.46. The lowest BCUT2D eigenvalue weighted by molar-refractivity contribution is 0.935. The van der Waals surface area contributed by atoms with Gasteiger partial charge in [-0.25, -0.2) is 0 Å². The molecular weight excluding hydrogens is 430 g/mol. The van der Waals surface area contributed by atoms with Crippen molar-refractivity contribution in [2.75, 3.05) is 0 Å². The zero-order valence-corrected chi connectivity index (χ0v) is 13.3. The molecule has 0 amide bonds. The van der Waals surface area contributed by atoms with Gasteiger partial charge in [0, 0.05) is 13.6 Å². The Morgan fingerprint density at radius 1 is 1.17 bits per heavy atom. The normalized spacial score (nSPS) is 11.1. The quantitative estimate of drug-likeness (QED) is 0.546. The first-order chi connectivity index (χ1) is 8.65. The lowest BCUT2D eigenvalue weighted by atomic mass is 10.2. The molecule has 0 unspecified atom stereocenters. The molecule has 1 aromatic carbocycles. The van der Waals surface area contributed by atoms with Gasteiger partial charge in [0.1, 0.15) is 5.15 Å². The number of rotatable bonds is 1. The number of benzene rings is 1. The molecule has 0 N–H and O–H groups in total. The summed E-state index contributed by atoms with van der Waals surface area (Å²) in [5, 5.41) is 12.9. The van der Waals surface area contributed by atoms with E-state index in [0.29, 0.717) is 16.6 Å². The van der Waals surface area contributed by atoms with Gasteiger partial charge in [-0.2, -0.15) is 9.61 Å². The fourth-order valence-electron chi connectivity index (χ4n) is 1.60. The molecule has 0 aliphatic carbocycles. The largest absolute Gasteiger partial charge is 0.191 e. The van der Waals surface area contributed by atoms with Gasteiger partial charge < -0.3 is 0 Å². The van der Waals surface area contributed by atoms with Crippen molar-refractivity contribution in [1.82, 2.24) is 19.8 Å². The average molecular weight is 435 g/mol. The van der Waals surface area contributed by atoms with Crippen LogP contribution in [0.4, 0.5) is 0 Å². The topological polar surface area (TPSA) is 43.1 Å². The van der Waals surface area contributed by atoms with Gasteiger partial charge >= 0.3 is 0 Å². The zero-order valence-electron chi connectivity index (χ0n) is 8.81. The highest BCUT2D eigenvalue weighted by Crippen LogP contribution is 2.27. The third kappa shape index (κ3) is 2.12. The smallest absolute Gasteiger partial charge is 0.186 e. The molecule has 0 radical (unpaired) electrons. The summed E-state index contributed by atoms with van der Waals surface area (Å²) >= 11 is 11.6. The lowest BCUT2D eigenvalue weighted by Gasteiger charge is -2.03. The molecule has 0 fully saturated rings. The van der Waals surface area contributed by atoms with Gasteiger partial charge in [-0.3, -0.25) is 0 Å². The molecule has 7 heteroatoms. The fourth-order valence-corrected chi connectivity index (χ4v) is 2.68. The maximum Gasteiger partial charge on any atom is 0.186 e. The van der Waals surface area contributed by atoms with Crippen molar-refractivity contribution in [3.8, 4) is 11.4 Å². The number of halogens is 3. The van der Waals surface area contributed by atoms with Crippen LogP contribution in [0.2, 0.25) is 5.15 Å². The van der Waals surface area contributed by atoms with Gasteiger partial charge in [-0.05, 0) is 52.9 Å². The Labute approximate surface area is 130 Å². The molecule has 0 atom stereocenters. The van der Waals surface area contributed by atoms with Crippen LogP contribution in [0.1, 0.15) is 0 Å². The van der Waals surface area contributed by atoms with E-state index in [2.05, 4.69) is 53.8 Å². The van der Waals surface area contributed by atoms with E-state index in [1.165, 1.54) is 0 Å². The molecule has 18 heavy (non-hydrogen) atoms. The monoisotopic (exact) mass is 434 g/mol. The summed E-state index contributed by atoms with van der Waals surface area (Å²) in [5.74, 6) is 0.679. The molecule has 90 valence electrons. The summed E-state index contributed by atoms with van der Waals surface area (Å²) in [7, 11) is 0. The molecule has 0 saturated heterocycles. The van der Waals surface area contributed by atoms with Gasteiger partial charge in [-0.1, -0.05) is 27.5 Å². The van der Waals surface area contributed by atoms with Gasteiger partial charge in [0.25, 0.3) is 0 Å². The van der Waals surface area contributed by atoms with Gasteiger partial charge in [0.05, 0.1) is 0 Å². The molecule has 0 aliphatic heterocycles. The highest BCUT2D eigenvalue weighted by atomic mass is 127. The number of hydrogen-bond acceptors (Lipinski definition) is 3. The first kappa shape index (κ1) is 12.3. The molecule has 2 heterocycles. The molecule has 3 rings (SSSR count). The van der Waals surface area contributed by atoms with Crippen molar-refractivity contribution in [3.05, 3.63) is 43.5 Å². The molecule has 0 spiro atoms. The van der Waals surface area contributed by atoms with Crippen molar-refractivity contribution in [1.29, 1.82) is 0 Å². The van der Waals surface area contributed by atoms with Crippen LogP contribution in [-0.2, 0) is 0 Å². The molecule has 4 nitrogen and oxygen atoms in total. The van der Waals surface area contributed by atoms with Crippen LogP contribution < -0.4 is 0 Å². The number of fused-ring (bicyclic) bond motifs is 1. The summed E-state index contributed by atoms with van der Waals surface area (Å²) in [4.78, 5) is 0. The minimum absolute atomic E-state index is 0.411. The van der Waals surface area contributed by atoms with E-state index < -0.39 is 0 Å². The molecule has 0 aliphatic rings. The summed E-state index contributed by atoms with van der Waals surface area (Å²) in [5.41, 5.74) is 1.64. The van der Waals surface area contributed by atoms with Crippen molar-refractivity contribution in [2.24, 2.45) is 0 Å². The SMILES string of the molecule is Clc1ccc2nnc(-c3cc(Br)ccc3I)n2n1. The van der Waals surface area contributed by atoms with Crippen LogP contribution in [0, 0.1) is 3.57 Å². The lowest BCUT2D eigenvalue weighted by Crippen LogP contribution is -1.96. The maximum absolute atomic E-state index is 5.91. The number of aromatic nitrogens is 4. The van der Waals surface area contributed by atoms with Crippen molar-refractivity contribution >= 4 is 55.8 Å². The van der Waals surface area contributed by atoms with Crippen LogP contribution in [0.15, 0.2) is 34.8 Å². The number of nitrogens with zero attached hydrogens (tertiary/aromatic N) is 4. The Morgan fingerprint density at radius 2 is 2.00 bits per heavy atom. The minimum Gasteiger partial charge on any atom is -0.191 e. The van der Waals surface area contributed by atoms with Crippen molar-refractivity contribution in [2.45, 2.75) is 0 Å². The van der Waals surface area contributed by atoms with E-state index >= 15 is 0 Å². The Morgan fingerprint density at radius 3 is 2.83 bits per heavy atom. The number of hydrogen-bond donors (Lipinski definition) is 0. The molecular formula is C11H5BrClIN4. The highest BCUT2D eigenvalue weighted by molar-refractivity contribution is 14.1. The highest BCUT2D eigenvalue weighted by Gasteiger charge is 2.12. The van der Waals surface area contributed by atoms with E-state index in [1.54, 1.807) is 16.6 Å². The summed E-state index contributed by atoms with van der Waals surface area (Å²) in [6.45, 7) is 0. The molecule has 3 aromatic rings. The van der Waals surface area contributed by atoms with Gasteiger partial charge in [0.2, 0.25) is 0 Å². The van der Waals surface area contributed by atoms with E-state index in [1.807, 2.05) is 18.2 Å². The summed E-state index contributed by atoms with van der Waals surface area (Å²) < 4.78 is 3.70.